The Kier molecular flexibility index (Phi) is 12.5. The number of nitrogens with zero attached hydrogens (tertiary/aromatic N) is 2. The van der Waals surface area contributed by atoms with Crippen molar-refractivity contribution in [2.45, 2.75) is 44.7 Å². The van der Waals surface area contributed by atoms with E-state index >= 15 is 0 Å². The van der Waals surface area contributed by atoms with Gasteiger partial charge in [0.2, 0.25) is 23.6 Å². The highest BCUT2D eigenvalue weighted by molar-refractivity contribution is 9.10. The second-order valence-electron chi connectivity index (χ2n) is 11.3. The lowest BCUT2D eigenvalue weighted by Crippen LogP contribution is -2.58. The summed E-state index contributed by atoms with van der Waals surface area (Å²) in [4.78, 5) is 67.8. The van der Waals surface area contributed by atoms with Gasteiger partial charge in [0.25, 0.3) is 5.91 Å². The van der Waals surface area contributed by atoms with Gasteiger partial charge in [-0.1, -0.05) is 77.1 Å². The highest BCUT2D eigenvalue weighted by Gasteiger charge is 2.31. The van der Waals surface area contributed by atoms with E-state index in [1.54, 1.807) is 22.8 Å². The van der Waals surface area contributed by atoms with Gasteiger partial charge in [0, 0.05) is 42.8 Å². The monoisotopic (exact) mass is 689 g/mol. The van der Waals surface area contributed by atoms with Crippen molar-refractivity contribution in [2.75, 3.05) is 32.7 Å². The Morgan fingerprint density at radius 3 is 2.22 bits per heavy atom. The van der Waals surface area contributed by atoms with E-state index < -0.39 is 12.1 Å². The van der Waals surface area contributed by atoms with Gasteiger partial charge in [-0.05, 0) is 60.7 Å². The van der Waals surface area contributed by atoms with Gasteiger partial charge in [0.15, 0.2) is 0 Å². The number of unbranched alkanes of at least 4 members (excludes halogenated alkanes) is 1. The molecule has 11 heteroatoms. The maximum Gasteiger partial charge on any atom is 0.252 e. The number of fused-ring (bicyclic) bond motifs is 1. The second kappa shape index (κ2) is 16.7. The topological polar surface area (TPSA) is 128 Å². The fourth-order valence-electron chi connectivity index (χ4n) is 5.48. The van der Waals surface area contributed by atoms with Gasteiger partial charge >= 0.3 is 0 Å². The molecule has 0 spiro atoms. The minimum absolute atomic E-state index is 0.116. The van der Waals surface area contributed by atoms with Gasteiger partial charge in [0.05, 0.1) is 6.42 Å². The maximum atomic E-state index is 13.6. The summed E-state index contributed by atoms with van der Waals surface area (Å²) < 4.78 is 0.814. The van der Waals surface area contributed by atoms with Crippen LogP contribution in [0.15, 0.2) is 83.9 Å². The Morgan fingerprint density at radius 1 is 0.848 bits per heavy atom. The number of benzene rings is 3. The first-order chi connectivity index (χ1) is 22.2. The Hall–Kier alpha value is -4.51. The molecule has 4 rings (SSSR count). The van der Waals surface area contributed by atoms with E-state index in [9.17, 15) is 24.0 Å². The highest BCUT2D eigenvalue weighted by atomic mass is 79.9. The quantitative estimate of drug-likeness (QED) is 0.187. The molecule has 3 N–H and O–H groups in total. The number of rotatable bonds is 13. The van der Waals surface area contributed by atoms with Crippen LogP contribution >= 0.6 is 15.9 Å². The van der Waals surface area contributed by atoms with Gasteiger partial charge in [-0.3, -0.25) is 24.0 Å². The average molecular weight is 691 g/mol. The summed E-state index contributed by atoms with van der Waals surface area (Å²) in [6.07, 6.45) is 2.97. The van der Waals surface area contributed by atoms with Gasteiger partial charge in [-0.15, -0.1) is 0 Å². The standard InChI is InChI=1S/C35H40BrN5O5/c1-3-31(42)37-18-9-8-17-30(39-32(43)23-26-12-5-7-16-29(26)36)35(46)41-21-19-40(20-22-41)34(45)24(2)38-33(44)28-15-10-13-25-11-4-6-14-27(25)28/h3-7,10-16,24,30H,1,8-9,17-23H2,2H3,(H,37,42)(H,38,44)(H,39,43)/t24-,30-/m0/s1. The Labute approximate surface area is 277 Å². The molecule has 0 bridgehead atoms. The predicted molar refractivity (Wildman–Crippen MR) is 181 cm³/mol. The largest absolute Gasteiger partial charge is 0.353 e. The van der Waals surface area contributed by atoms with Crippen LogP contribution in [0.1, 0.15) is 42.1 Å². The third kappa shape index (κ3) is 9.26. The van der Waals surface area contributed by atoms with Crippen LogP contribution in [0.2, 0.25) is 0 Å². The van der Waals surface area contributed by atoms with Crippen molar-refractivity contribution in [3.05, 3.63) is 95.0 Å². The summed E-state index contributed by atoms with van der Waals surface area (Å²) in [5, 5.41) is 10.2. The molecular formula is C35H40BrN5O5. The van der Waals surface area contributed by atoms with Crippen molar-refractivity contribution in [3.63, 3.8) is 0 Å². The number of hydrogen-bond donors (Lipinski definition) is 3. The molecule has 0 aliphatic carbocycles. The smallest absolute Gasteiger partial charge is 0.252 e. The molecule has 1 fully saturated rings. The maximum absolute atomic E-state index is 13.6. The zero-order chi connectivity index (χ0) is 33.1. The van der Waals surface area contributed by atoms with Gasteiger partial charge in [0.1, 0.15) is 12.1 Å². The van der Waals surface area contributed by atoms with Crippen molar-refractivity contribution in [3.8, 4) is 0 Å². The zero-order valence-corrected chi connectivity index (χ0v) is 27.6. The van der Waals surface area contributed by atoms with Gasteiger partial charge < -0.3 is 25.8 Å². The van der Waals surface area contributed by atoms with Crippen molar-refractivity contribution in [2.24, 2.45) is 0 Å². The fraction of sp³-hybridized carbons (Fsp3) is 0.343. The minimum atomic E-state index is -0.750. The number of amides is 5. The predicted octanol–water partition coefficient (Wildman–Crippen LogP) is 3.59. The molecule has 5 amide bonds. The molecule has 0 radical (unpaired) electrons. The Bertz CT molecular complexity index is 1580. The highest BCUT2D eigenvalue weighted by Crippen LogP contribution is 2.19. The van der Waals surface area contributed by atoms with Crippen LogP contribution in [0, 0.1) is 0 Å². The molecule has 242 valence electrons. The SMILES string of the molecule is C=CC(=O)NCCCC[C@H](NC(=O)Cc1ccccc1Br)C(=O)N1CCN(C(=O)[C@H](C)NC(=O)c2cccc3ccccc23)CC1. The Balaban J connectivity index is 1.33. The number of nitrogens with one attached hydrogen (secondary N) is 3. The van der Waals surface area contributed by atoms with E-state index in [-0.39, 0.29) is 36.0 Å². The first kappa shape index (κ1) is 34.4. The summed E-state index contributed by atoms with van der Waals surface area (Å²) >= 11 is 3.47. The summed E-state index contributed by atoms with van der Waals surface area (Å²) in [5.41, 5.74) is 1.32. The van der Waals surface area contributed by atoms with E-state index in [1.165, 1.54) is 6.08 Å². The lowest BCUT2D eigenvalue weighted by Gasteiger charge is -2.37. The van der Waals surface area contributed by atoms with E-state index in [4.69, 9.17) is 0 Å². The number of carbonyl (C=O) groups is 5. The van der Waals surface area contributed by atoms with Crippen LogP contribution in [-0.2, 0) is 25.6 Å². The normalized spacial score (nSPS) is 14.2. The first-order valence-corrected chi connectivity index (χ1v) is 16.3. The molecule has 2 atom stereocenters. The molecule has 0 saturated carbocycles. The molecule has 1 heterocycles. The number of carbonyl (C=O) groups excluding carboxylic acids is 5. The van der Waals surface area contributed by atoms with Crippen molar-refractivity contribution in [1.29, 1.82) is 0 Å². The summed E-state index contributed by atoms with van der Waals surface area (Å²) in [6, 6.07) is 19.0. The number of hydrogen-bond acceptors (Lipinski definition) is 5. The minimum Gasteiger partial charge on any atom is -0.353 e. The van der Waals surface area contributed by atoms with Crippen molar-refractivity contribution >= 4 is 56.2 Å². The lowest BCUT2D eigenvalue weighted by molar-refractivity contribution is -0.142. The van der Waals surface area contributed by atoms with Crippen LogP contribution in [0.4, 0.5) is 0 Å². The summed E-state index contributed by atoms with van der Waals surface area (Å²) in [5.74, 6) is -1.28. The molecule has 3 aromatic carbocycles. The van der Waals surface area contributed by atoms with E-state index in [2.05, 4.69) is 38.5 Å². The molecule has 10 nitrogen and oxygen atoms in total. The molecule has 3 aromatic rings. The van der Waals surface area contributed by atoms with Crippen LogP contribution in [0.3, 0.4) is 0 Å². The van der Waals surface area contributed by atoms with Crippen LogP contribution < -0.4 is 16.0 Å². The van der Waals surface area contributed by atoms with Crippen molar-refractivity contribution < 1.29 is 24.0 Å². The Morgan fingerprint density at radius 2 is 1.50 bits per heavy atom. The third-order valence-electron chi connectivity index (χ3n) is 8.00. The van der Waals surface area contributed by atoms with Gasteiger partial charge in [-0.25, -0.2) is 0 Å². The molecular weight excluding hydrogens is 650 g/mol. The lowest BCUT2D eigenvalue weighted by atomic mass is 10.0. The summed E-state index contributed by atoms with van der Waals surface area (Å²) in [7, 11) is 0. The fourth-order valence-corrected chi connectivity index (χ4v) is 5.90. The molecule has 0 unspecified atom stereocenters. The van der Waals surface area contributed by atoms with E-state index in [1.807, 2.05) is 60.7 Å². The van der Waals surface area contributed by atoms with Crippen LogP contribution in [0.5, 0.6) is 0 Å². The van der Waals surface area contributed by atoms with Crippen LogP contribution in [-0.4, -0.2) is 84.1 Å². The van der Waals surface area contributed by atoms with E-state index in [0.717, 1.165) is 20.8 Å². The van der Waals surface area contributed by atoms with Crippen molar-refractivity contribution in [1.82, 2.24) is 25.8 Å². The molecule has 1 aliphatic heterocycles. The molecule has 1 aliphatic rings. The first-order valence-electron chi connectivity index (χ1n) is 15.5. The number of halogens is 1. The van der Waals surface area contributed by atoms with Gasteiger partial charge in [-0.2, -0.15) is 0 Å². The van der Waals surface area contributed by atoms with Crippen LogP contribution in [0.25, 0.3) is 10.8 Å². The molecule has 0 aromatic heterocycles. The van der Waals surface area contributed by atoms with E-state index in [0.29, 0.717) is 57.5 Å². The second-order valence-corrected chi connectivity index (χ2v) is 12.1. The third-order valence-corrected chi connectivity index (χ3v) is 8.78. The molecule has 1 saturated heterocycles. The number of piperazine rings is 1. The average Bonchev–Trinajstić information content (AvgIpc) is 3.07. The summed E-state index contributed by atoms with van der Waals surface area (Å²) in [6.45, 7) is 6.77. The zero-order valence-electron chi connectivity index (χ0n) is 26.0. The molecule has 46 heavy (non-hydrogen) atoms.